The molecule has 0 radical (unpaired) electrons. The minimum absolute atomic E-state index is 0.482. The van der Waals surface area contributed by atoms with Gasteiger partial charge < -0.3 is 5.11 Å². The topological polar surface area (TPSA) is 20.2 Å². The van der Waals surface area contributed by atoms with Crippen LogP contribution in [-0.2, 0) is 0 Å². The maximum absolute atomic E-state index is 10.1. The minimum Gasteiger partial charge on any atom is -0.383 e. The number of hydrogen-bond donors (Lipinski definition) is 1. The monoisotopic (exact) mass is 302 g/mol. The number of thiophene rings is 2. The smallest absolute Gasteiger partial charge is 0.114 e. The first-order valence-corrected chi connectivity index (χ1v) is 7.06. The number of hydrogen-bond acceptors (Lipinski definition) is 3. The highest BCUT2D eigenvalue weighted by atomic mass is 79.9. The lowest BCUT2D eigenvalue weighted by Crippen LogP contribution is -1.93. The fourth-order valence-corrected chi connectivity index (χ4v) is 3.69. The minimum atomic E-state index is -0.482. The SMILES string of the molecule is Cc1cc(C(O)c2cc(Br)c(C)s2)cs1. The molecule has 0 aliphatic carbocycles. The van der Waals surface area contributed by atoms with Gasteiger partial charge in [-0.15, -0.1) is 22.7 Å². The van der Waals surface area contributed by atoms with Crippen LogP contribution in [0.15, 0.2) is 22.0 Å². The summed E-state index contributed by atoms with van der Waals surface area (Å²) in [6.45, 7) is 4.10. The van der Waals surface area contributed by atoms with Crippen molar-refractivity contribution in [2.75, 3.05) is 0 Å². The molecular formula is C11H11BrOS2. The van der Waals surface area contributed by atoms with Crippen molar-refractivity contribution >= 4 is 38.6 Å². The van der Waals surface area contributed by atoms with Crippen LogP contribution in [0.2, 0.25) is 0 Å². The lowest BCUT2D eigenvalue weighted by atomic mass is 10.1. The molecule has 0 aliphatic heterocycles. The van der Waals surface area contributed by atoms with Gasteiger partial charge in [-0.05, 0) is 52.9 Å². The molecule has 1 nitrogen and oxygen atoms in total. The molecule has 0 spiro atoms. The fraction of sp³-hybridized carbons (Fsp3) is 0.273. The second kappa shape index (κ2) is 4.37. The van der Waals surface area contributed by atoms with Gasteiger partial charge in [-0.25, -0.2) is 0 Å². The molecule has 15 heavy (non-hydrogen) atoms. The van der Waals surface area contributed by atoms with E-state index in [9.17, 15) is 5.11 Å². The van der Waals surface area contributed by atoms with Gasteiger partial charge in [0.15, 0.2) is 0 Å². The van der Waals surface area contributed by atoms with Crippen molar-refractivity contribution in [3.8, 4) is 0 Å². The largest absolute Gasteiger partial charge is 0.383 e. The van der Waals surface area contributed by atoms with Crippen molar-refractivity contribution in [2.24, 2.45) is 0 Å². The van der Waals surface area contributed by atoms with Gasteiger partial charge >= 0.3 is 0 Å². The Morgan fingerprint density at radius 3 is 2.53 bits per heavy atom. The summed E-state index contributed by atoms with van der Waals surface area (Å²) in [6.07, 6.45) is -0.482. The van der Waals surface area contributed by atoms with E-state index in [0.29, 0.717) is 0 Å². The Bertz CT molecular complexity index is 453. The van der Waals surface area contributed by atoms with Crippen molar-refractivity contribution in [3.05, 3.63) is 42.2 Å². The third-order valence-corrected chi connectivity index (χ3v) is 5.28. The molecule has 0 saturated carbocycles. The van der Waals surface area contributed by atoms with E-state index in [2.05, 4.69) is 22.9 Å². The molecule has 1 N–H and O–H groups in total. The molecule has 1 unspecified atom stereocenters. The molecule has 4 heteroatoms. The Labute approximate surface area is 106 Å². The highest BCUT2D eigenvalue weighted by molar-refractivity contribution is 9.10. The lowest BCUT2D eigenvalue weighted by Gasteiger charge is -2.04. The number of aliphatic hydroxyl groups is 1. The third kappa shape index (κ3) is 2.33. The molecule has 80 valence electrons. The maximum atomic E-state index is 10.1. The molecule has 0 bridgehead atoms. The van der Waals surface area contributed by atoms with Crippen LogP contribution >= 0.6 is 38.6 Å². The number of halogens is 1. The molecule has 2 rings (SSSR count). The average Bonchev–Trinajstić information content (AvgIpc) is 2.74. The first-order chi connectivity index (χ1) is 7.08. The summed E-state index contributed by atoms with van der Waals surface area (Å²) in [7, 11) is 0. The molecule has 0 amide bonds. The predicted molar refractivity (Wildman–Crippen MR) is 69.9 cm³/mol. The van der Waals surface area contributed by atoms with E-state index in [-0.39, 0.29) is 0 Å². The van der Waals surface area contributed by atoms with Crippen molar-refractivity contribution in [2.45, 2.75) is 20.0 Å². The molecule has 2 aromatic rings. The van der Waals surface area contributed by atoms with Gasteiger partial charge in [0.05, 0.1) is 0 Å². The van der Waals surface area contributed by atoms with E-state index >= 15 is 0 Å². The van der Waals surface area contributed by atoms with E-state index in [1.807, 2.05) is 24.4 Å². The Morgan fingerprint density at radius 1 is 1.33 bits per heavy atom. The Balaban J connectivity index is 2.31. The normalized spacial score (nSPS) is 13.1. The Kier molecular flexibility index (Phi) is 3.30. The standard InChI is InChI=1S/C11H11BrOS2/c1-6-3-8(5-14-6)11(13)10-4-9(12)7(2)15-10/h3-5,11,13H,1-2H3. The summed E-state index contributed by atoms with van der Waals surface area (Å²) in [5.74, 6) is 0. The van der Waals surface area contributed by atoms with E-state index < -0.39 is 6.10 Å². The molecule has 1 atom stereocenters. The van der Waals surface area contributed by atoms with E-state index in [0.717, 1.165) is 14.9 Å². The zero-order valence-corrected chi connectivity index (χ0v) is 11.7. The number of aryl methyl sites for hydroxylation is 2. The van der Waals surface area contributed by atoms with Gasteiger partial charge in [-0.2, -0.15) is 0 Å². The van der Waals surface area contributed by atoms with Gasteiger partial charge in [0.25, 0.3) is 0 Å². The van der Waals surface area contributed by atoms with Gasteiger partial charge in [-0.3, -0.25) is 0 Å². The zero-order chi connectivity index (χ0) is 11.0. The second-order valence-electron chi connectivity index (χ2n) is 3.45. The van der Waals surface area contributed by atoms with Gasteiger partial charge in [0, 0.05) is 19.1 Å². The average molecular weight is 303 g/mol. The zero-order valence-electron chi connectivity index (χ0n) is 8.45. The van der Waals surface area contributed by atoms with Crippen LogP contribution in [0.4, 0.5) is 0 Å². The predicted octanol–water partition coefficient (Wildman–Crippen LogP) is 4.27. The van der Waals surface area contributed by atoms with Crippen molar-refractivity contribution in [1.82, 2.24) is 0 Å². The van der Waals surface area contributed by atoms with Gasteiger partial charge in [0.2, 0.25) is 0 Å². The second-order valence-corrected chi connectivity index (χ2v) is 6.70. The van der Waals surface area contributed by atoms with Crippen LogP contribution in [0.1, 0.15) is 26.3 Å². The number of rotatable bonds is 2. The Morgan fingerprint density at radius 2 is 2.07 bits per heavy atom. The summed E-state index contributed by atoms with van der Waals surface area (Å²) >= 11 is 6.77. The first-order valence-electron chi connectivity index (χ1n) is 4.57. The lowest BCUT2D eigenvalue weighted by molar-refractivity contribution is 0.224. The Hall–Kier alpha value is -0.160. The summed E-state index contributed by atoms with van der Waals surface area (Å²) in [5.41, 5.74) is 0.992. The van der Waals surface area contributed by atoms with Crippen LogP contribution in [0.25, 0.3) is 0 Å². The molecule has 2 aromatic heterocycles. The van der Waals surface area contributed by atoms with Gasteiger partial charge in [0.1, 0.15) is 6.10 Å². The molecule has 0 fully saturated rings. The summed E-state index contributed by atoms with van der Waals surface area (Å²) in [6, 6.07) is 4.04. The highest BCUT2D eigenvalue weighted by Gasteiger charge is 2.15. The van der Waals surface area contributed by atoms with E-state index in [1.165, 1.54) is 9.75 Å². The molecule has 0 aromatic carbocycles. The quantitative estimate of drug-likeness (QED) is 0.878. The fourth-order valence-electron chi connectivity index (χ4n) is 1.39. The van der Waals surface area contributed by atoms with Crippen LogP contribution in [0.3, 0.4) is 0 Å². The summed E-state index contributed by atoms with van der Waals surface area (Å²) in [4.78, 5) is 3.43. The van der Waals surface area contributed by atoms with Crippen molar-refractivity contribution in [3.63, 3.8) is 0 Å². The van der Waals surface area contributed by atoms with Crippen LogP contribution in [-0.4, -0.2) is 5.11 Å². The molecule has 2 heterocycles. The first kappa shape index (κ1) is 11.3. The van der Waals surface area contributed by atoms with Crippen molar-refractivity contribution in [1.29, 1.82) is 0 Å². The van der Waals surface area contributed by atoms with Crippen LogP contribution in [0, 0.1) is 13.8 Å². The van der Waals surface area contributed by atoms with Crippen LogP contribution in [0.5, 0.6) is 0 Å². The maximum Gasteiger partial charge on any atom is 0.114 e. The van der Waals surface area contributed by atoms with E-state index in [1.54, 1.807) is 22.7 Å². The molecule has 0 aliphatic rings. The summed E-state index contributed by atoms with van der Waals surface area (Å²) in [5, 5.41) is 12.2. The summed E-state index contributed by atoms with van der Waals surface area (Å²) < 4.78 is 1.08. The van der Waals surface area contributed by atoms with E-state index in [4.69, 9.17) is 0 Å². The third-order valence-electron chi connectivity index (χ3n) is 2.21. The number of aliphatic hydroxyl groups excluding tert-OH is 1. The molecule has 0 saturated heterocycles. The highest BCUT2D eigenvalue weighted by Crippen LogP contribution is 2.34. The van der Waals surface area contributed by atoms with Gasteiger partial charge in [-0.1, -0.05) is 0 Å². The van der Waals surface area contributed by atoms with Crippen LogP contribution < -0.4 is 0 Å². The van der Waals surface area contributed by atoms with Crippen molar-refractivity contribution < 1.29 is 5.11 Å². The molecular weight excluding hydrogens is 292 g/mol.